The van der Waals surface area contributed by atoms with Crippen LogP contribution < -0.4 is 21.3 Å². The molecule has 0 atom stereocenters. The highest BCUT2D eigenvalue weighted by atomic mass is 35.5. The van der Waals surface area contributed by atoms with Crippen molar-refractivity contribution in [3.63, 3.8) is 0 Å². The molecule has 0 spiro atoms. The van der Waals surface area contributed by atoms with Crippen molar-refractivity contribution < 1.29 is 9.53 Å². The van der Waals surface area contributed by atoms with Crippen molar-refractivity contribution in [2.75, 3.05) is 29.4 Å². The van der Waals surface area contributed by atoms with Crippen molar-refractivity contribution in [1.29, 1.82) is 0 Å². The zero-order valence-corrected chi connectivity index (χ0v) is 16.9. The number of halogens is 1. The third-order valence-corrected chi connectivity index (χ3v) is 4.82. The Morgan fingerprint density at radius 2 is 2.03 bits per heavy atom. The van der Waals surface area contributed by atoms with Crippen LogP contribution in [0.5, 0.6) is 5.75 Å². The number of nitrogens with zero attached hydrogens (tertiary/aromatic N) is 4. The number of hydrogen-bond donors (Lipinski definition) is 3. The lowest BCUT2D eigenvalue weighted by molar-refractivity contribution is -0.113. The molecule has 0 unspecified atom stereocenters. The monoisotopic (exact) mass is 431 g/mol. The van der Waals surface area contributed by atoms with E-state index in [2.05, 4.69) is 26.0 Å². The number of nitrogens with one attached hydrogen (secondary N) is 2. The largest absolute Gasteiger partial charge is 0.495 e. The Labute approximate surface area is 176 Å². The third kappa shape index (κ3) is 5.62. The number of hydrazone groups is 1. The Bertz CT molecular complexity index is 1010. The number of aromatic nitrogens is 3. The Morgan fingerprint density at radius 3 is 2.79 bits per heavy atom. The van der Waals surface area contributed by atoms with E-state index in [9.17, 15) is 4.79 Å². The second-order valence-electron chi connectivity index (χ2n) is 5.63. The van der Waals surface area contributed by atoms with Gasteiger partial charge in [-0.25, -0.2) is 10.1 Å². The molecule has 3 rings (SSSR count). The Morgan fingerprint density at radius 1 is 1.28 bits per heavy atom. The number of nitrogens with two attached hydrogens (primary N) is 1. The van der Waals surface area contributed by atoms with E-state index >= 15 is 0 Å². The SMILES string of the molecule is COc1ccccc1NC(=O)CSc1nnc(N/N=C/c2ccc(Cl)cc2)n1N. The summed E-state index contributed by atoms with van der Waals surface area (Å²) < 4.78 is 6.43. The number of benzene rings is 2. The number of methoxy groups -OCH3 is 1. The number of carbonyl (C=O) groups excluding carboxylic acids is 1. The van der Waals surface area contributed by atoms with Crippen LogP contribution in [0.15, 0.2) is 58.8 Å². The van der Waals surface area contributed by atoms with Gasteiger partial charge in [0.05, 0.1) is 24.8 Å². The molecular weight excluding hydrogens is 414 g/mol. The first kappa shape index (κ1) is 20.5. The average molecular weight is 432 g/mol. The standard InChI is InChI=1S/C18H18ClN7O2S/c1-28-15-5-3-2-4-14(15)22-16(27)11-29-18-25-24-17(26(18)20)23-21-10-12-6-8-13(19)9-7-12/h2-10H,11,20H2,1H3,(H,22,27)(H,23,24)/b21-10+. The third-order valence-electron chi connectivity index (χ3n) is 3.63. The fraction of sp³-hybridized carbons (Fsp3) is 0.111. The maximum atomic E-state index is 12.2. The molecule has 1 heterocycles. The molecule has 29 heavy (non-hydrogen) atoms. The smallest absolute Gasteiger partial charge is 0.264 e. The van der Waals surface area contributed by atoms with Gasteiger partial charge in [-0.1, -0.05) is 47.6 Å². The lowest BCUT2D eigenvalue weighted by Crippen LogP contribution is -2.17. The summed E-state index contributed by atoms with van der Waals surface area (Å²) in [6.07, 6.45) is 1.60. The van der Waals surface area contributed by atoms with E-state index < -0.39 is 0 Å². The van der Waals surface area contributed by atoms with Crippen LogP contribution in [-0.2, 0) is 4.79 Å². The predicted octanol–water partition coefficient (Wildman–Crippen LogP) is 2.83. The van der Waals surface area contributed by atoms with Gasteiger partial charge in [0.15, 0.2) is 0 Å². The molecule has 0 bridgehead atoms. The van der Waals surface area contributed by atoms with Gasteiger partial charge in [-0.05, 0) is 29.8 Å². The number of hydrogen-bond acceptors (Lipinski definition) is 8. The number of carbonyl (C=O) groups is 1. The molecule has 0 aliphatic carbocycles. The number of rotatable bonds is 8. The lowest BCUT2D eigenvalue weighted by Gasteiger charge is -2.09. The first-order valence-electron chi connectivity index (χ1n) is 8.37. The zero-order chi connectivity index (χ0) is 20.6. The molecule has 1 aromatic heterocycles. The van der Waals surface area contributed by atoms with Crippen molar-refractivity contribution in [3.8, 4) is 5.75 Å². The summed E-state index contributed by atoms with van der Waals surface area (Å²) in [6.45, 7) is 0. The van der Waals surface area contributed by atoms with Crippen LogP contribution in [0, 0.1) is 0 Å². The highest BCUT2D eigenvalue weighted by molar-refractivity contribution is 7.99. The van der Waals surface area contributed by atoms with Gasteiger partial charge in [-0.15, -0.1) is 10.2 Å². The highest BCUT2D eigenvalue weighted by Crippen LogP contribution is 2.24. The summed E-state index contributed by atoms with van der Waals surface area (Å²) in [7, 11) is 1.54. The highest BCUT2D eigenvalue weighted by Gasteiger charge is 2.13. The number of ether oxygens (including phenoxy) is 1. The maximum Gasteiger partial charge on any atom is 0.264 e. The summed E-state index contributed by atoms with van der Waals surface area (Å²) in [6, 6.07) is 14.3. The molecule has 2 aromatic carbocycles. The van der Waals surface area contributed by atoms with Crippen molar-refractivity contribution in [2.45, 2.75) is 5.16 Å². The molecule has 9 nitrogen and oxygen atoms in total. The molecule has 0 saturated heterocycles. The van der Waals surface area contributed by atoms with Crippen LogP contribution in [-0.4, -0.2) is 39.9 Å². The number of para-hydroxylation sites is 2. The topological polar surface area (TPSA) is 119 Å². The van der Waals surface area contributed by atoms with E-state index in [4.69, 9.17) is 22.2 Å². The average Bonchev–Trinajstić information content (AvgIpc) is 3.08. The minimum absolute atomic E-state index is 0.0986. The van der Waals surface area contributed by atoms with E-state index in [0.717, 1.165) is 17.3 Å². The van der Waals surface area contributed by atoms with Crippen molar-refractivity contribution >= 4 is 47.1 Å². The number of anilines is 2. The van der Waals surface area contributed by atoms with Gasteiger partial charge in [0.25, 0.3) is 5.95 Å². The summed E-state index contributed by atoms with van der Waals surface area (Å²) in [5, 5.41) is 15.7. The van der Waals surface area contributed by atoms with Crippen LogP contribution in [0.3, 0.4) is 0 Å². The molecule has 0 aliphatic rings. The van der Waals surface area contributed by atoms with Crippen molar-refractivity contribution in [3.05, 3.63) is 59.1 Å². The van der Waals surface area contributed by atoms with E-state index in [1.807, 2.05) is 24.3 Å². The first-order valence-corrected chi connectivity index (χ1v) is 9.74. The summed E-state index contributed by atoms with van der Waals surface area (Å²) in [5.74, 6) is 6.65. The second-order valence-corrected chi connectivity index (χ2v) is 7.01. The molecule has 3 aromatic rings. The predicted molar refractivity (Wildman–Crippen MR) is 115 cm³/mol. The van der Waals surface area contributed by atoms with Crippen LogP contribution in [0.4, 0.5) is 11.6 Å². The Hall–Kier alpha value is -3.24. The summed E-state index contributed by atoms with van der Waals surface area (Å²) >= 11 is 6.99. The maximum absolute atomic E-state index is 12.2. The molecular formula is C18H18ClN7O2S. The first-order chi connectivity index (χ1) is 14.1. The van der Waals surface area contributed by atoms with E-state index in [-0.39, 0.29) is 17.6 Å². The van der Waals surface area contributed by atoms with Crippen LogP contribution in [0.1, 0.15) is 5.56 Å². The molecule has 0 radical (unpaired) electrons. The quantitative estimate of drug-likeness (QED) is 0.217. The van der Waals surface area contributed by atoms with Gasteiger partial charge in [0, 0.05) is 5.02 Å². The fourth-order valence-corrected chi connectivity index (χ4v) is 3.01. The molecule has 150 valence electrons. The van der Waals surface area contributed by atoms with Crippen LogP contribution >= 0.6 is 23.4 Å². The number of amides is 1. The molecule has 1 amide bonds. The number of nitrogen functional groups attached to an aromatic ring is 1. The number of thioether (sulfide) groups is 1. The van der Waals surface area contributed by atoms with Crippen LogP contribution in [0.25, 0.3) is 0 Å². The minimum atomic E-state index is -0.224. The molecule has 0 aliphatic heterocycles. The molecule has 0 fully saturated rings. The van der Waals surface area contributed by atoms with Gasteiger partial charge in [0.2, 0.25) is 11.1 Å². The fourth-order valence-electron chi connectivity index (χ4n) is 2.23. The van der Waals surface area contributed by atoms with Gasteiger partial charge in [-0.3, -0.25) is 4.79 Å². The van der Waals surface area contributed by atoms with E-state index in [1.54, 1.807) is 37.6 Å². The Kier molecular flexibility index (Phi) is 6.93. The second kappa shape index (κ2) is 9.80. The Balaban J connectivity index is 1.54. The lowest BCUT2D eigenvalue weighted by atomic mass is 10.2. The molecule has 0 saturated carbocycles. The van der Waals surface area contributed by atoms with Gasteiger partial charge in [-0.2, -0.15) is 5.10 Å². The zero-order valence-electron chi connectivity index (χ0n) is 15.4. The van der Waals surface area contributed by atoms with E-state index in [1.165, 1.54) is 4.68 Å². The van der Waals surface area contributed by atoms with Gasteiger partial charge < -0.3 is 15.9 Å². The normalized spacial score (nSPS) is 10.8. The van der Waals surface area contributed by atoms with E-state index in [0.29, 0.717) is 21.6 Å². The van der Waals surface area contributed by atoms with Crippen molar-refractivity contribution in [1.82, 2.24) is 14.9 Å². The van der Waals surface area contributed by atoms with Gasteiger partial charge in [0.1, 0.15) is 5.75 Å². The van der Waals surface area contributed by atoms with Crippen LogP contribution in [0.2, 0.25) is 5.02 Å². The summed E-state index contributed by atoms with van der Waals surface area (Å²) in [5.41, 5.74) is 4.16. The van der Waals surface area contributed by atoms with Gasteiger partial charge >= 0.3 is 0 Å². The van der Waals surface area contributed by atoms with Crippen molar-refractivity contribution in [2.24, 2.45) is 5.10 Å². The minimum Gasteiger partial charge on any atom is -0.495 e. The molecule has 4 N–H and O–H groups in total. The molecule has 11 heteroatoms. The summed E-state index contributed by atoms with van der Waals surface area (Å²) in [4.78, 5) is 12.2.